The van der Waals surface area contributed by atoms with Crippen LogP contribution in [0.2, 0.25) is 0 Å². The summed E-state index contributed by atoms with van der Waals surface area (Å²) in [4.78, 5) is 15.1. The molecule has 4 nitrogen and oxygen atoms in total. The van der Waals surface area contributed by atoms with E-state index < -0.39 is 5.60 Å². The Bertz CT molecular complexity index is 789. The molecular formula is C26H37NO3. The van der Waals surface area contributed by atoms with Crippen molar-refractivity contribution in [3.05, 3.63) is 48.0 Å². The number of likely N-dealkylation sites (N-methyl/N-ethyl adjacent to an activating group) is 1. The van der Waals surface area contributed by atoms with Gasteiger partial charge in [-0.05, 0) is 62.5 Å². The predicted molar refractivity (Wildman–Crippen MR) is 119 cm³/mol. The Hall–Kier alpha value is -1.65. The number of allylic oxidation sites excluding steroid dienone is 1. The molecule has 0 unspecified atom stereocenters. The smallest absolute Gasteiger partial charge is 0.310 e. The molecule has 4 rings (SSSR count). The fraction of sp³-hybridized carbons (Fsp3) is 0.654. The van der Waals surface area contributed by atoms with Crippen LogP contribution in [0.25, 0.3) is 0 Å². The molecule has 2 aliphatic carbocycles. The van der Waals surface area contributed by atoms with Gasteiger partial charge in [-0.25, -0.2) is 0 Å². The van der Waals surface area contributed by atoms with Gasteiger partial charge in [0, 0.05) is 19.0 Å². The Kier molecular flexibility index (Phi) is 5.84. The minimum Gasteiger partial charge on any atom is -0.462 e. The summed E-state index contributed by atoms with van der Waals surface area (Å²) in [6, 6.07) is 9.79. The first-order chi connectivity index (χ1) is 14.2. The topological polar surface area (TPSA) is 49.8 Å². The third-order valence-electron chi connectivity index (χ3n) is 8.15. The van der Waals surface area contributed by atoms with Crippen molar-refractivity contribution < 1.29 is 14.6 Å². The highest BCUT2D eigenvalue weighted by molar-refractivity contribution is 5.75. The van der Waals surface area contributed by atoms with Crippen LogP contribution in [-0.2, 0) is 15.1 Å². The Morgan fingerprint density at radius 3 is 2.77 bits per heavy atom. The van der Waals surface area contributed by atoms with Gasteiger partial charge in [0.1, 0.15) is 6.10 Å². The van der Waals surface area contributed by atoms with Crippen LogP contribution < -0.4 is 0 Å². The van der Waals surface area contributed by atoms with Gasteiger partial charge in [0.25, 0.3) is 0 Å². The number of rotatable bonds is 6. The molecular weight excluding hydrogens is 374 g/mol. The maximum Gasteiger partial charge on any atom is 0.310 e. The van der Waals surface area contributed by atoms with Crippen molar-refractivity contribution in [1.29, 1.82) is 0 Å². The molecule has 6 atom stereocenters. The number of hydrogen-bond donors (Lipinski definition) is 1. The lowest BCUT2D eigenvalue weighted by molar-refractivity contribution is -0.146. The molecule has 1 saturated heterocycles. The number of hydrogen-bond acceptors (Lipinski definition) is 4. The van der Waals surface area contributed by atoms with E-state index in [2.05, 4.69) is 25.3 Å². The number of benzene rings is 1. The second kappa shape index (κ2) is 8.12. The van der Waals surface area contributed by atoms with E-state index in [1.807, 2.05) is 37.3 Å². The SMILES string of the molecule is C=C1CCC[C@]2(C)C[C@H]3OC(=O)[C@@H](CN(CC)C[C@@](C)(O)c4ccccc4)[C@H]3C[C@H]12. The van der Waals surface area contributed by atoms with Crippen LogP contribution in [0, 0.1) is 23.2 Å². The molecule has 0 bridgehead atoms. The molecule has 2 saturated carbocycles. The van der Waals surface area contributed by atoms with Crippen molar-refractivity contribution in [3.63, 3.8) is 0 Å². The quantitative estimate of drug-likeness (QED) is 0.552. The van der Waals surface area contributed by atoms with Crippen molar-refractivity contribution in [1.82, 2.24) is 4.90 Å². The number of fused-ring (bicyclic) bond motifs is 2. The summed E-state index contributed by atoms with van der Waals surface area (Å²) in [7, 11) is 0. The lowest BCUT2D eigenvalue weighted by atomic mass is 9.55. The number of esters is 1. The number of ether oxygens (including phenoxy) is 1. The van der Waals surface area contributed by atoms with Crippen LogP contribution in [0.3, 0.4) is 0 Å². The van der Waals surface area contributed by atoms with Crippen molar-refractivity contribution in [3.8, 4) is 0 Å². The lowest BCUT2D eigenvalue weighted by Crippen LogP contribution is -2.47. The minimum atomic E-state index is -0.956. The summed E-state index contributed by atoms with van der Waals surface area (Å²) in [5.74, 6) is 0.615. The highest BCUT2D eigenvalue weighted by Crippen LogP contribution is 2.56. The normalized spacial score (nSPS) is 35.5. The van der Waals surface area contributed by atoms with Gasteiger partial charge >= 0.3 is 5.97 Å². The average molecular weight is 412 g/mol. The maximum atomic E-state index is 12.9. The van der Waals surface area contributed by atoms with Gasteiger partial charge in [0.2, 0.25) is 0 Å². The molecule has 164 valence electrons. The summed E-state index contributed by atoms with van der Waals surface area (Å²) in [5.41, 5.74) is 1.55. The van der Waals surface area contributed by atoms with E-state index >= 15 is 0 Å². The monoisotopic (exact) mass is 411 g/mol. The molecule has 0 amide bonds. The molecule has 4 heteroatoms. The molecule has 3 aliphatic rings. The van der Waals surface area contributed by atoms with E-state index in [0.717, 1.165) is 31.4 Å². The second-order valence-electron chi connectivity index (χ2n) is 10.4. The molecule has 1 heterocycles. The number of aliphatic hydroxyl groups is 1. The Morgan fingerprint density at radius 1 is 1.33 bits per heavy atom. The number of carbonyl (C=O) groups is 1. The van der Waals surface area contributed by atoms with Crippen molar-refractivity contribution in [2.24, 2.45) is 23.2 Å². The van der Waals surface area contributed by atoms with E-state index in [4.69, 9.17) is 4.74 Å². The first-order valence-electron chi connectivity index (χ1n) is 11.6. The van der Waals surface area contributed by atoms with E-state index in [0.29, 0.717) is 19.0 Å². The van der Waals surface area contributed by atoms with Gasteiger partial charge in [0.15, 0.2) is 0 Å². The molecule has 30 heavy (non-hydrogen) atoms. The molecule has 1 aliphatic heterocycles. The Labute approximate surface area is 181 Å². The fourth-order valence-corrected chi connectivity index (χ4v) is 6.37. The van der Waals surface area contributed by atoms with Gasteiger partial charge < -0.3 is 9.84 Å². The van der Waals surface area contributed by atoms with E-state index in [9.17, 15) is 9.90 Å². The molecule has 3 fully saturated rings. The summed E-state index contributed by atoms with van der Waals surface area (Å²) in [6.45, 7) is 12.7. The van der Waals surface area contributed by atoms with Gasteiger partial charge in [0.05, 0.1) is 11.5 Å². The summed E-state index contributed by atoms with van der Waals surface area (Å²) in [6.07, 6.45) is 5.57. The number of carbonyl (C=O) groups excluding carboxylic acids is 1. The van der Waals surface area contributed by atoms with Crippen LogP contribution in [-0.4, -0.2) is 41.7 Å². The van der Waals surface area contributed by atoms with Crippen LogP contribution in [0.15, 0.2) is 42.5 Å². The summed E-state index contributed by atoms with van der Waals surface area (Å²) >= 11 is 0. The summed E-state index contributed by atoms with van der Waals surface area (Å²) in [5, 5.41) is 11.1. The van der Waals surface area contributed by atoms with E-state index in [-0.39, 0.29) is 29.3 Å². The highest BCUT2D eigenvalue weighted by Gasteiger charge is 2.55. The third kappa shape index (κ3) is 3.97. The van der Waals surface area contributed by atoms with Crippen molar-refractivity contribution >= 4 is 5.97 Å². The van der Waals surface area contributed by atoms with Crippen molar-refractivity contribution in [2.45, 2.75) is 64.6 Å². The Balaban J connectivity index is 1.48. The predicted octanol–water partition coefficient (Wildman–Crippen LogP) is 4.53. The summed E-state index contributed by atoms with van der Waals surface area (Å²) < 4.78 is 5.93. The third-order valence-corrected chi connectivity index (χ3v) is 8.15. The van der Waals surface area contributed by atoms with Crippen LogP contribution in [0.4, 0.5) is 0 Å². The van der Waals surface area contributed by atoms with Crippen LogP contribution in [0.1, 0.15) is 58.4 Å². The van der Waals surface area contributed by atoms with Crippen LogP contribution >= 0.6 is 0 Å². The Morgan fingerprint density at radius 2 is 2.07 bits per heavy atom. The molecule has 0 radical (unpaired) electrons. The first kappa shape index (κ1) is 21.6. The standard InChI is InChI=1S/C26H37NO3/c1-5-27(17-26(4,29)19-11-7-6-8-12-19)16-21-20-14-22-18(2)10-9-13-25(22,3)15-23(20)30-24(21)28/h6-8,11-12,20-23,29H,2,5,9-10,13-17H2,1,3-4H3/t20-,21+,22-,23-,25-,26-/m1/s1. The largest absolute Gasteiger partial charge is 0.462 e. The highest BCUT2D eigenvalue weighted by atomic mass is 16.6. The van der Waals surface area contributed by atoms with Crippen LogP contribution in [0.5, 0.6) is 0 Å². The first-order valence-corrected chi connectivity index (χ1v) is 11.6. The van der Waals surface area contributed by atoms with Gasteiger partial charge in [-0.2, -0.15) is 0 Å². The van der Waals surface area contributed by atoms with Gasteiger partial charge in [-0.15, -0.1) is 0 Å². The molecule has 0 spiro atoms. The van der Waals surface area contributed by atoms with E-state index in [1.54, 1.807) is 0 Å². The fourth-order valence-electron chi connectivity index (χ4n) is 6.37. The average Bonchev–Trinajstić information content (AvgIpc) is 3.00. The molecule has 1 aromatic carbocycles. The molecule has 0 aromatic heterocycles. The van der Waals surface area contributed by atoms with Gasteiger partial charge in [-0.3, -0.25) is 9.69 Å². The zero-order chi connectivity index (χ0) is 21.5. The van der Waals surface area contributed by atoms with E-state index in [1.165, 1.54) is 18.4 Å². The maximum absolute atomic E-state index is 12.9. The van der Waals surface area contributed by atoms with Gasteiger partial charge in [-0.1, -0.05) is 56.3 Å². The zero-order valence-corrected chi connectivity index (χ0v) is 18.8. The zero-order valence-electron chi connectivity index (χ0n) is 18.8. The number of nitrogens with zero attached hydrogens (tertiary/aromatic N) is 1. The molecule has 1 N–H and O–H groups in total. The second-order valence-corrected chi connectivity index (χ2v) is 10.4. The minimum absolute atomic E-state index is 0.0444. The van der Waals surface area contributed by atoms with Crippen molar-refractivity contribution in [2.75, 3.05) is 19.6 Å². The lowest BCUT2D eigenvalue weighted by Gasteiger charge is -2.50. The molecule has 1 aromatic rings.